The van der Waals surface area contributed by atoms with Crippen LogP contribution in [0.5, 0.6) is 17.2 Å². The fourth-order valence-corrected chi connectivity index (χ4v) is 1.70. The van der Waals surface area contributed by atoms with Gasteiger partial charge in [-0.3, -0.25) is 0 Å². The van der Waals surface area contributed by atoms with Crippen LogP contribution in [0.2, 0.25) is 0 Å². The summed E-state index contributed by atoms with van der Waals surface area (Å²) in [6.07, 6.45) is -0.207. The van der Waals surface area contributed by atoms with Gasteiger partial charge in [0.05, 0.1) is 27.4 Å². The predicted octanol–water partition coefficient (Wildman–Crippen LogP) is 1.09. The van der Waals surface area contributed by atoms with E-state index in [2.05, 4.69) is 0 Å². The van der Waals surface area contributed by atoms with Gasteiger partial charge in [-0.1, -0.05) is 0 Å². The van der Waals surface area contributed by atoms with E-state index < -0.39 is 6.10 Å². The number of rotatable bonds is 6. The van der Waals surface area contributed by atoms with Crippen LogP contribution in [-0.4, -0.2) is 33.0 Å². The fourth-order valence-electron chi connectivity index (χ4n) is 1.70. The molecule has 0 heterocycles. The van der Waals surface area contributed by atoms with Gasteiger partial charge in [0.25, 0.3) is 0 Å². The number of nitrogens with two attached hydrogens (primary N) is 1. The maximum Gasteiger partial charge on any atom is 0.203 e. The lowest BCUT2D eigenvalue weighted by atomic mass is 10.0. The van der Waals surface area contributed by atoms with E-state index in [0.717, 1.165) is 0 Å². The smallest absolute Gasteiger partial charge is 0.203 e. The van der Waals surface area contributed by atoms with Crippen molar-refractivity contribution in [3.05, 3.63) is 17.7 Å². The number of benzene rings is 1. The van der Waals surface area contributed by atoms with Gasteiger partial charge in [-0.25, -0.2) is 0 Å². The number of methoxy groups -OCH3 is 3. The molecule has 0 aliphatic heterocycles. The van der Waals surface area contributed by atoms with E-state index >= 15 is 0 Å². The first-order chi connectivity index (χ1) is 8.19. The maximum atomic E-state index is 9.96. The molecule has 5 nitrogen and oxygen atoms in total. The lowest BCUT2D eigenvalue weighted by Crippen LogP contribution is -2.08. The van der Waals surface area contributed by atoms with Crippen molar-refractivity contribution in [3.8, 4) is 17.2 Å². The van der Waals surface area contributed by atoms with Gasteiger partial charge in [0.15, 0.2) is 11.5 Å². The third-order valence-corrected chi connectivity index (χ3v) is 2.53. The Kier molecular flexibility index (Phi) is 5.06. The Morgan fingerprint density at radius 2 is 1.76 bits per heavy atom. The average Bonchev–Trinajstić information content (AvgIpc) is 2.36. The topological polar surface area (TPSA) is 73.9 Å². The summed E-state index contributed by atoms with van der Waals surface area (Å²) >= 11 is 0. The molecule has 0 radical (unpaired) electrons. The van der Waals surface area contributed by atoms with Crippen LogP contribution in [0.1, 0.15) is 18.1 Å². The Hall–Kier alpha value is -1.46. The minimum Gasteiger partial charge on any atom is -0.493 e. The van der Waals surface area contributed by atoms with Gasteiger partial charge >= 0.3 is 0 Å². The zero-order valence-corrected chi connectivity index (χ0v) is 10.4. The molecule has 0 saturated carbocycles. The van der Waals surface area contributed by atoms with Gasteiger partial charge in [-0.2, -0.15) is 0 Å². The summed E-state index contributed by atoms with van der Waals surface area (Å²) in [5, 5.41) is 9.96. The molecule has 3 N–H and O–H groups in total. The van der Waals surface area contributed by atoms with E-state index in [-0.39, 0.29) is 0 Å². The second kappa shape index (κ2) is 6.32. The predicted molar refractivity (Wildman–Crippen MR) is 64.7 cm³/mol. The molecule has 5 heteroatoms. The monoisotopic (exact) mass is 241 g/mol. The highest BCUT2D eigenvalue weighted by atomic mass is 16.5. The van der Waals surface area contributed by atoms with E-state index in [1.165, 1.54) is 14.2 Å². The molecule has 0 spiro atoms. The lowest BCUT2D eigenvalue weighted by Gasteiger charge is -2.18. The largest absolute Gasteiger partial charge is 0.493 e. The molecule has 0 fully saturated rings. The number of aliphatic hydroxyl groups is 1. The SMILES string of the molecule is COc1ccc([C@H](O)CCN)c(OC)c1OC. The second-order valence-corrected chi connectivity index (χ2v) is 3.52. The summed E-state index contributed by atoms with van der Waals surface area (Å²) in [5.41, 5.74) is 6.08. The zero-order chi connectivity index (χ0) is 12.8. The Morgan fingerprint density at radius 3 is 2.24 bits per heavy atom. The molecule has 0 aliphatic carbocycles. The number of ether oxygens (including phenoxy) is 3. The standard InChI is InChI=1S/C12H19NO4/c1-15-10-5-4-8(9(14)6-7-13)11(16-2)12(10)17-3/h4-5,9,14H,6-7,13H2,1-3H3/t9-/m1/s1. The van der Waals surface area contributed by atoms with Crippen LogP contribution in [0.4, 0.5) is 0 Å². The van der Waals surface area contributed by atoms with Crippen LogP contribution in [0, 0.1) is 0 Å². The summed E-state index contributed by atoms with van der Waals surface area (Å²) in [5.74, 6) is 1.52. The van der Waals surface area contributed by atoms with Crippen molar-refractivity contribution in [2.75, 3.05) is 27.9 Å². The van der Waals surface area contributed by atoms with Crippen molar-refractivity contribution in [2.24, 2.45) is 5.73 Å². The van der Waals surface area contributed by atoms with E-state index in [1.54, 1.807) is 19.2 Å². The van der Waals surface area contributed by atoms with Crippen LogP contribution in [0.15, 0.2) is 12.1 Å². The van der Waals surface area contributed by atoms with Gasteiger partial charge < -0.3 is 25.1 Å². The number of hydrogen-bond donors (Lipinski definition) is 2. The van der Waals surface area contributed by atoms with Crippen LogP contribution in [0.3, 0.4) is 0 Å². The highest BCUT2D eigenvalue weighted by Crippen LogP contribution is 2.42. The molecule has 1 aromatic carbocycles. The molecule has 1 rings (SSSR count). The van der Waals surface area contributed by atoms with Crippen LogP contribution < -0.4 is 19.9 Å². The highest BCUT2D eigenvalue weighted by Gasteiger charge is 2.20. The van der Waals surface area contributed by atoms with Crippen molar-refractivity contribution in [3.63, 3.8) is 0 Å². The molecule has 0 aliphatic rings. The van der Waals surface area contributed by atoms with Crippen molar-refractivity contribution >= 4 is 0 Å². The van der Waals surface area contributed by atoms with E-state index in [4.69, 9.17) is 19.9 Å². The quantitative estimate of drug-likeness (QED) is 0.780. The summed E-state index contributed by atoms with van der Waals surface area (Å²) in [7, 11) is 4.60. The van der Waals surface area contributed by atoms with Crippen LogP contribution in [-0.2, 0) is 0 Å². The molecule has 0 saturated heterocycles. The Labute approximate surface area is 101 Å². The Morgan fingerprint density at radius 1 is 1.12 bits per heavy atom. The maximum absolute atomic E-state index is 9.96. The minimum atomic E-state index is -0.672. The summed E-state index contributed by atoms with van der Waals surface area (Å²) in [4.78, 5) is 0. The molecule has 0 aromatic heterocycles. The summed E-state index contributed by atoms with van der Waals surface area (Å²) in [6, 6.07) is 3.48. The first-order valence-electron chi connectivity index (χ1n) is 5.36. The molecule has 17 heavy (non-hydrogen) atoms. The van der Waals surface area contributed by atoms with Gasteiger partial charge in [0.2, 0.25) is 5.75 Å². The molecule has 0 unspecified atom stereocenters. The number of hydrogen-bond acceptors (Lipinski definition) is 5. The van der Waals surface area contributed by atoms with Crippen molar-refractivity contribution in [2.45, 2.75) is 12.5 Å². The van der Waals surface area contributed by atoms with Crippen molar-refractivity contribution in [1.29, 1.82) is 0 Å². The van der Waals surface area contributed by atoms with Gasteiger partial charge in [-0.05, 0) is 25.1 Å². The minimum absolute atomic E-state index is 0.401. The zero-order valence-electron chi connectivity index (χ0n) is 10.4. The number of aliphatic hydroxyl groups excluding tert-OH is 1. The highest BCUT2D eigenvalue weighted by molar-refractivity contribution is 5.56. The first-order valence-corrected chi connectivity index (χ1v) is 5.36. The molecule has 0 amide bonds. The molecule has 1 atom stereocenters. The second-order valence-electron chi connectivity index (χ2n) is 3.52. The van der Waals surface area contributed by atoms with Crippen molar-refractivity contribution in [1.82, 2.24) is 0 Å². The van der Waals surface area contributed by atoms with Gasteiger partial charge in [0.1, 0.15) is 0 Å². The van der Waals surface area contributed by atoms with E-state index in [0.29, 0.717) is 35.8 Å². The van der Waals surface area contributed by atoms with Gasteiger partial charge in [-0.15, -0.1) is 0 Å². The fraction of sp³-hybridized carbons (Fsp3) is 0.500. The molecule has 1 aromatic rings. The molecule has 0 bridgehead atoms. The third kappa shape index (κ3) is 2.81. The Bertz CT molecular complexity index is 368. The Balaban J connectivity index is 3.22. The first kappa shape index (κ1) is 13.6. The average molecular weight is 241 g/mol. The molecular weight excluding hydrogens is 222 g/mol. The van der Waals surface area contributed by atoms with E-state index in [1.807, 2.05) is 0 Å². The molecule has 96 valence electrons. The lowest BCUT2D eigenvalue weighted by molar-refractivity contribution is 0.165. The van der Waals surface area contributed by atoms with Crippen molar-refractivity contribution < 1.29 is 19.3 Å². The summed E-state index contributed by atoms with van der Waals surface area (Å²) in [6.45, 7) is 0.401. The van der Waals surface area contributed by atoms with Crippen LogP contribution in [0.25, 0.3) is 0 Å². The normalized spacial score (nSPS) is 12.1. The molecular formula is C12H19NO4. The van der Waals surface area contributed by atoms with Crippen LogP contribution >= 0.6 is 0 Å². The third-order valence-electron chi connectivity index (χ3n) is 2.53. The van der Waals surface area contributed by atoms with Gasteiger partial charge in [0, 0.05) is 5.56 Å². The summed E-state index contributed by atoms with van der Waals surface area (Å²) < 4.78 is 15.7. The van der Waals surface area contributed by atoms with E-state index in [9.17, 15) is 5.11 Å².